The number of benzene rings is 2. The normalized spacial score (nSPS) is 15.4. The molecule has 0 unspecified atom stereocenters. The lowest BCUT2D eigenvalue weighted by Crippen LogP contribution is -2.07. The number of halogens is 1. The van der Waals surface area contributed by atoms with E-state index in [-0.39, 0.29) is 0 Å². The average Bonchev–Trinajstić information content (AvgIpc) is 2.63. The van der Waals surface area contributed by atoms with Gasteiger partial charge >= 0.3 is 0 Å². The van der Waals surface area contributed by atoms with Crippen molar-refractivity contribution in [2.75, 3.05) is 6.61 Å². The summed E-state index contributed by atoms with van der Waals surface area (Å²) in [7, 11) is 0. The zero-order valence-corrected chi connectivity index (χ0v) is 15.3. The highest BCUT2D eigenvalue weighted by molar-refractivity contribution is 6.32. The Morgan fingerprint density at radius 1 is 0.958 bits per heavy atom. The van der Waals surface area contributed by atoms with E-state index in [2.05, 4.69) is 30.3 Å². The Morgan fingerprint density at radius 2 is 1.67 bits per heavy atom. The van der Waals surface area contributed by atoms with Crippen molar-refractivity contribution in [1.29, 1.82) is 0 Å². The van der Waals surface area contributed by atoms with Crippen LogP contribution < -0.4 is 4.74 Å². The molecule has 0 saturated heterocycles. The fourth-order valence-electron chi connectivity index (χ4n) is 3.66. The van der Waals surface area contributed by atoms with E-state index in [4.69, 9.17) is 16.3 Å². The first-order valence-corrected chi connectivity index (χ1v) is 9.65. The van der Waals surface area contributed by atoms with Crippen LogP contribution in [0.5, 0.6) is 5.75 Å². The van der Waals surface area contributed by atoms with Gasteiger partial charge < -0.3 is 4.74 Å². The molecule has 0 bridgehead atoms. The van der Waals surface area contributed by atoms with Crippen molar-refractivity contribution in [1.82, 2.24) is 0 Å². The number of aryl methyl sites for hydroxylation is 1. The van der Waals surface area contributed by atoms with Gasteiger partial charge in [-0.15, -0.1) is 0 Å². The van der Waals surface area contributed by atoms with E-state index < -0.39 is 0 Å². The molecule has 1 aliphatic carbocycles. The molecule has 2 aromatic carbocycles. The van der Waals surface area contributed by atoms with Crippen molar-refractivity contribution in [2.24, 2.45) is 5.92 Å². The maximum Gasteiger partial charge on any atom is 0.137 e. The van der Waals surface area contributed by atoms with Crippen LogP contribution in [0.3, 0.4) is 0 Å². The van der Waals surface area contributed by atoms with Gasteiger partial charge in [0.05, 0.1) is 11.6 Å². The highest BCUT2D eigenvalue weighted by Gasteiger charge is 2.13. The minimum atomic E-state index is 0.634. The van der Waals surface area contributed by atoms with Gasteiger partial charge in [0.15, 0.2) is 0 Å². The van der Waals surface area contributed by atoms with E-state index in [0.717, 1.165) is 17.2 Å². The highest BCUT2D eigenvalue weighted by atomic mass is 35.5. The molecule has 2 heteroatoms. The highest BCUT2D eigenvalue weighted by Crippen LogP contribution is 2.31. The second-order valence-electron chi connectivity index (χ2n) is 6.82. The van der Waals surface area contributed by atoms with Crippen LogP contribution >= 0.6 is 11.6 Å². The second-order valence-corrected chi connectivity index (χ2v) is 7.23. The fraction of sp³-hybridized carbons (Fsp3) is 0.455. The first-order valence-electron chi connectivity index (χ1n) is 9.28. The summed E-state index contributed by atoms with van der Waals surface area (Å²) in [6, 6.07) is 15.0. The molecule has 0 aromatic heterocycles. The molecule has 0 N–H and O–H groups in total. The predicted octanol–water partition coefficient (Wildman–Crippen LogP) is 6.92. The predicted molar refractivity (Wildman–Crippen MR) is 103 cm³/mol. The lowest BCUT2D eigenvalue weighted by atomic mass is 9.85. The SMILES string of the molecule is CCOc1ccc(-c2ccc(CCC3CCCCC3)cc2)cc1Cl. The minimum absolute atomic E-state index is 0.634. The Bertz CT molecular complexity index is 642. The van der Waals surface area contributed by atoms with Gasteiger partial charge in [-0.05, 0) is 54.5 Å². The Hall–Kier alpha value is -1.47. The average molecular weight is 343 g/mol. The lowest BCUT2D eigenvalue weighted by molar-refractivity contribution is 0.339. The quantitative estimate of drug-likeness (QED) is 0.553. The van der Waals surface area contributed by atoms with E-state index >= 15 is 0 Å². The summed E-state index contributed by atoms with van der Waals surface area (Å²) in [5.74, 6) is 1.70. The Morgan fingerprint density at radius 3 is 2.33 bits per heavy atom. The van der Waals surface area contributed by atoms with Gasteiger partial charge in [0, 0.05) is 0 Å². The molecule has 1 aliphatic rings. The van der Waals surface area contributed by atoms with Crippen LogP contribution in [0.25, 0.3) is 11.1 Å². The van der Waals surface area contributed by atoms with Crippen LogP contribution in [-0.2, 0) is 6.42 Å². The van der Waals surface area contributed by atoms with Crippen molar-refractivity contribution < 1.29 is 4.74 Å². The molecule has 128 valence electrons. The van der Waals surface area contributed by atoms with Crippen LogP contribution in [0.1, 0.15) is 51.0 Å². The number of hydrogen-bond acceptors (Lipinski definition) is 1. The van der Waals surface area contributed by atoms with Gasteiger partial charge in [0.25, 0.3) is 0 Å². The van der Waals surface area contributed by atoms with E-state index in [9.17, 15) is 0 Å². The molecule has 3 rings (SSSR count). The topological polar surface area (TPSA) is 9.23 Å². The molecular formula is C22H27ClO. The third-order valence-corrected chi connectivity index (χ3v) is 5.38. The zero-order valence-electron chi connectivity index (χ0n) is 14.6. The minimum Gasteiger partial charge on any atom is -0.492 e. The van der Waals surface area contributed by atoms with Crippen LogP contribution in [0.4, 0.5) is 0 Å². The van der Waals surface area contributed by atoms with Gasteiger partial charge in [-0.25, -0.2) is 0 Å². The van der Waals surface area contributed by atoms with Crippen LogP contribution in [-0.4, -0.2) is 6.61 Å². The van der Waals surface area contributed by atoms with Crippen LogP contribution in [0, 0.1) is 5.92 Å². The summed E-state index contributed by atoms with van der Waals surface area (Å²) in [6.07, 6.45) is 9.72. The van der Waals surface area contributed by atoms with Crippen molar-refractivity contribution in [3.8, 4) is 16.9 Å². The molecule has 0 radical (unpaired) electrons. The van der Waals surface area contributed by atoms with Gasteiger partial charge in [-0.1, -0.05) is 74.0 Å². The number of rotatable bonds is 6. The van der Waals surface area contributed by atoms with Crippen molar-refractivity contribution in [3.63, 3.8) is 0 Å². The van der Waals surface area contributed by atoms with Crippen LogP contribution in [0.2, 0.25) is 5.02 Å². The van der Waals surface area contributed by atoms with E-state index in [1.165, 1.54) is 56.1 Å². The van der Waals surface area contributed by atoms with E-state index in [1.54, 1.807) is 0 Å². The lowest BCUT2D eigenvalue weighted by Gasteiger charge is -2.21. The van der Waals surface area contributed by atoms with Gasteiger partial charge in [-0.3, -0.25) is 0 Å². The van der Waals surface area contributed by atoms with Crippen LogP contribution in [0.15, 0.2) is 42.5 Å². The molecule has 0 spiro atoms. The largest absolute Gasteiger partial charge is 0.492 e. The maximum absolute atomic E-state index is 6.30. The molecule has 0 heterocycles. The molecule has 2 aromatic rings. The third kappa shape index (κ3) is 4.54. The molecular weight excluding hydrogens is 316 g/mol. The van der Waals surface area contributed by atoms with Crippen molar-refractivity contribution in [2.45, 2.75) is 51.9 Å². The summed E-state index contributed by atoms with van der Waals surface area (Å²) in [5, 5.41) is 0.677. The first-order chi connectivity index (χ1) is 11.8. The van der Waals surface area contributed by atoms with Crippen molar-refractivity contribution in [3.05, 3.63) is 53.1 Å². The molecule has 0 aliphatic heterocycles. The maximum atomic E-state index is 6.30. The van der Waals surface area contributed by atoms with Gasteiger partial charge in [0.2, 0.25) is 0 Å². The number of hydrogen-bond donors (Lipinski definition) is 0. The Labute approximate surface area is 151 Å². The molecule has 1 fully saturated rings. The first kappa shape index (κ1) is 17.4. The van der Waals surface area contributed by atoms with Crippen molar-refractivity contribution >= 4 is 11.6 Å². The summed E-state index contributed by atoms with van der Waals surface area (Å²) in [4.78, 5) is 0. The molecule has 1 nitrogen and oxygen atoms in total. The Balaban J connectivity index is 1.62. The summed E-state index contributed by atoms with van der Waals surface area (Å²) in [6.45, 7) is 2.60. The smallest absolute Gasteiger partial charge is 0.137 e. The standard InChI is InChI=1S/C22H27ClO/c1-2-24-22-15-14-20(16-21(22)23)19-12-10-18(11-13-19)9-8-17-6-4-3-5-7-17/h10-17H,2-9H2,1H3. The van der Waals surface area contributed by atoms with Gasteiger partial charge in [-0.2, -0.15) is 0 Å². The van der Waals surface area contributed by atoms with E-state index in [0.29, 0.717) is 11.6 Å². The molecule has 0 amide bonds. The summed E-state index contributed by atoms with van der Waals surface area (Å²) in [5.41, 5.74) is 3.80. The Kier molecular flexibility index (Phi) is 6.20. The monoisotopic (exact) mass is 342 g/mol. The van der Waals surface area contributed by atoms with E-state index in [1.807, 2.05) is 19.1 Å². The second kappa shape index (κ2) is 8.58. The third-order valence-electron chi connectivity index (χ3n) is 5.08. The molecule has 24 heavy (non-hydrogen) atoms. The molecule has 0 atom stereocenters. The number of ether oxygens (including phenoxy) is 1. The summed E-state index contributed by atoms with van der Waals surface area (Å²) >= 11 is 6.30. The molecule has 1 saturated carbocycles. The van der Waals surface area contributed by atoms with Gasteiger partial charge in [0.1, 0.15) is 5.75 Å². The fourth-order valence-corrected chi connectivity index (χ4v) is 3.90. The summed E-state index contributed by atoms with van der Waals surface area (Å²) < 4.78 is 5.50. The zero-order chi connectivity index (χ0) is 16.8.